The van der Waals surface area contributed by atoms with Crippen LogP contribution < -0.4 is 29.1 Å². The number of pyridine rings is 1. The minimum atomic E-state index is -1.07. The third-order valence-electron chi connectivity index (χ3n) is 9.54. The topological polar surface area (TPSA) is 154 Å². The summed E-state index contributed by atoms with van der Waals surface area (Å²) in [5, 5.41) is -0.0796. The lowest BCUT2D eigenvalue weighted by Crippen LogP contribution is -2.30. The number of hydrogen-bond acceptors (Lipinski definition) is 11. The molecule has 0 aliphatic heterocycles. The molecule has 12 nitrogen and oxygen atoms in total. The summed E-state index contributed by atoms with van der Waals surface area (Å²) in [6, 6.07) is 7.39. The average Bonchev–Trinajstić information content (AvgIpc) is 3.10. The second-order valence-electron chi connectivity index (χ2n) is 20.7. The number of benzene rings is 2. The van der Waals surface area contributed by atoms with Crippen LogP contribution in [0.4, 0.5) is 0 Å². The van der Waals surface area contributed by atoms with Gasteiger partial charge in [-0.1, -0.05) is 33.1 Å². The molecule has 0 amide bonds. The molecule has 2 aromatic carbocycles. The van der Waals surface area contributed by atoms with Gasteiger partial charge in [-0.15, -0.1) is 0 Å². The zero-order valence-corrected chi connectivity index (χ0v) is 38.9. The Balaban J connectivity index is 2.72. The maximum absolute atomic E-state index is 15.2. The lowest BCUT2D eigenvalue weighted by molar-refractivity contribution is -0.145. The summed E-state index contributed by atoms with van der Waals surface area (Å²) in [6.07, 6.45) is 3.37. The molecule has 60 heavy (non-hydrogen) atoms. The number of fused-ring (bicyclic) bond motifs is 1. The number of ether oxygens (including phenoxy) is 5. The molecule has 3 rings (SSSR count). The molecule has 0 radical (unpaired) electrons. The van der Waals surface area contributed by atoms with Gasteiger partial charge in [0.25, 0.3) is 0 Å². The van der Waals surface area contributed by atoms with Crippen molar-refractivity contribution in [2.75, 3.05) is 0 Å². The van der Waals surface area contributed by atoms with E-state index in [1.807, 2.05) is 0 Å². The van der Waals surface area contributed by atoms with Gasteiger partial charge in [-0.3, -0.25) is 28.8 Å². The molecule has 0 bridgehead atoms. The molecule has 1 aromatic heterocycles. The molecule has 1 heterocycles. The fourth-order valence-electron chi connectivity index (χ4n) is 5.45. The molecule has 0 spiro atoms. The van der Waals surface area contributed by atoms with Crippen molar-refractivity contribution in [3.05, 3.63) is 40.6 Å². The number of aromatic nitrogens is 1. The Labute approximate surface area is 355 Å². The standard InChI is InChI=1S/C48H67NO11/c1-18-20-21-28(19-2)27-49-31-25-30(56-39(51)44(3,4)5)26-34(59-42(54)47(12,13)14)35(31)37(50)38(60-43(55)48(15,16)17)36(49)29-22-23-32(57-40(52)45(6,7)8)33(24-29)58-41(53)46(9,10)11/h22-26,28H,18-21,27H2,1-17H3. The quantitative estimate of drug-likeness (QED) is 0.126. The number of unbranched alkanes of at least 4 members (excludes halogenated alkanes) is 1. The van der Waals surface area contributed by atoms with E-state index < -0.39 is 62.4 Å². The smallest absolute Gasteiger partial charge is 0.316 e. The Kier molecular flexibility index (Phi) is 15.1. The first-order valence-electron chi connectivity index (χ1n) is 20.8. The van der Waals surface area contributed by atoms with Crippen molar-refractivity contribution in [1.82, 2.24) is 4.57 Å². The monoisotopic (exact) mass is 833 g/mol. The van der Waals surface area contributed by atoms with Gasteiger partial charge < -0.3 is 28.3 Å². The number of carbonyl (C=O) groups is 5. The van der Waals surface area contributed by atoms with Gasteiger partial charge in [-0.2, -0.15) is 0 Å². The van der Waals surface area contributed by atoms with E-state index in [4.69, 9.17) is 23.7 Å². The van der Waals surface area contributed by atoms with E-state index in [0.29, 0.717) is 0 Å². The molecule has 1 atom stereocenters. The molecule has 0 fully saturated rings. The van der Waals surface area contributed by atoms with E-state index in [-0.39, 0.29) is 63.4 Å². The zero-order valence-electron chi connectivity index (χ0n) is 38.9. The van der Waals surface area contributed by atoms with Crippen molar-refractivity contribution in [3.8, 4) is 40.0 Å². The Morgan fingerprint density at radius 3 is 1.48 bits per heavy atom. The van der Waals surface area contributed by atoms with Crippen molar-refractivity contribution in [3.63, 3.8) is 0 Å². The SMILES string of the molecule is CCCCC(CC)Cn1c(-c2ccc(OC(=O)C(C)(C)C)c(OC(=O)C(C)(C)C)c2)c(OC(=O)C(C)(C)C)c(=O)c2c(OC(=O)C(C)(C)C)cc(OC(=O)C(C)(C)C)cc21. The molecule has 0 aliphatic rings. The van der Waals surface area contributed by atoms with Crippen molar-refractivity contribution >= 4 is 40.7 Å². The van der Waals surface area contributed by atoms with Crippen LogP contribution in [0.15, 0.2) is 35.1 Å². The summed E-state index contributed by atoms with van der Waals surface area (Å²) in [7, 11) is 0. The molecule has 330 valence electrons. The van der Waals surface area contributed by atoms with Crippen LogP contribution in [0, 0.1) is 33.0 Å². The molecule has 0 saturated heterocycles. The van der Waals surface area contributed by atoms with Crippen molar-refractivity contribution in [2.24, 2.45) is 33.0 Å². The normalized spacial score (nSPS) is 13.1. The van der Waals surface area contributed by atoms with Crippen LogP contribution in [-0.4, -0.2) is 34.4 Å². The molecular formula is C48H67NO11. The molecule has 1 unspecified atom stereocenters. The molecule has 0 aliphatic carbocycles. The first kappa shape index (κ1) is 49.4. The maximum Gasteiger partial charge on any atom is 0.316 e. The molecular weight excluding hydrogens is 767 g/mol. The average molecular weight is 834 g/mol. The second-order valence-corrected chi connectivity index (χ2v) is 20.7. The van der Waals surface area contributed by atoms with Crippen LogP contribution in [0.5, 0.6) is 28.7 Å². The maximum atomic E-state index is 15.2. The first-order chi connectivity index (χ1) is 27.3. The minimum absolute atomic E-state index is 0.0171. The number of carbonyl (C=O) groups excluding carboxylic acids is 5. The van der Waals surface area contributed by atoms with Gasteiger partial charge in [0.05, 0.1) is 43.7 Å². The predicted molar refractivity (Wildman–Crippen MR) is 232 cm³/mol. The van der Waals surface area contributed by atoms with Gasteiger partial charge in [-0.05, 0) is 134 Å². The van der Waals surface area contributed by atoms with Crippen LogP contribution in [-0.2, 0) is 30.5 Å². The van der Waals surface area contributed by atoms with Gasteiger partial charge in [0.2, 0.25) is 11.2 Å². The first-order valence-corrected chi connectivity index (χ1v) is 20.8. The van der Waals surface area contributed by atoms with Crippen molar-refractivity contribution < 1.29 is 47.7 Å². The fourth-order valence-corrected chi connectivity index (χ4v) is 5.45. The van der Waals surface area contributed by atoms with Gasteiger partial charge >= 0.3 is 29.8 Å². The fraction of sp³-hybridized carbons (Fsp3) is 0.583. The number of nitrogens with zero attached hydrogens (tertiary/aromatic N) is 1. The third-order valence-corrected chi connectivity index (χ3v) is 9.54. The van der Waals surface area contributed by atoms with E-state index in [2.05, 4.69) is 13.8 Å². The summed E-state index contributed by atoms with van der Waals surface area (Å²) in [6.45, 7) is 29.6. The summed E-state index contributed by atoms with van der Waals surface area (Å²) >= 11 is 0. The second kappa shape index (κ2) is 18.3. The highest BCUT2D eigenvalue weighted by Crippen LogP contribution is 2.43. The highest BCUT2D eigenvalue weighted by molar-refractivity contribution is 5.96. The van der Waals surface area contributed by atoms with E-state index in [1.54, 1.807) is 121 Å². The molecule has 3 aromatic rings. The van der Waals surface area contributed by atoms with Crippen LogP contribution >= 0.6 is 0 Å². The van der Waals surface area contributed by atoms with Crippen molar-refractivity contribution in [1.29, 1.82) is 0 Å². The number of esters is 5. The van der Waals surface area contributed by atoms with Gasteiger partial charge in [0, 0.05) is 24.2 Å². The van der Waals surface area contributed by atoms with Gasteiger partial charge in [0.1, 0.15) is 11.5 Å². The van der Waals surface area contributed by atoms with E-state index >= 15 is 4.79 Å². The van der Waals surface area contributed by atoms with Gasteiger partial charge in [-0.25, -0.2) is 0 Å². The minimum Gasteiger partial charge on any atom is -0.426 e. The Hall–Kier alpha value is -5.00. The number of hydrogen-bond donors (Lipinski definition) is 0. The lowest BCUT2D eigenvalue weighted by atomic mass is 9.96. The zero-order chi connectivity index (χ0) is 45.9. The lowest BCUT2D eigenvalue weighted by Gasteiger charge is -2.27. The van der Waals surface area contributed by atoms with E-state index in [9.17, 15) is 24.0 Å². The summed E-state index contributed by atoms with van der Waals surface area (Å²) < 4.78 is 31.6. The summed E-state index contributed by atoms with van der Waals surface area (Å²) in [5.74, 6) is -3.82. The van der Waals surface area contributed by atoms with Crippen molar-refractivity contribution in [2.45, 2.75) is 150 Å². The highest BCUT2D eigenvalue weighted by atomic mass is 16.6. The Bertz CT molecular complexity index is 2180. The third kappa shape index (κ3) is 12.3. The van der Waals surface area contributed by atoms with Crippen LogP contribution in [0.2, 0.25) is 0 Å². The Morgan fingerprint density at radius 2 is 1.02 bits per heavy atom. The van der Waals surface area contributed by atoms with Crippen LogP contribution in [0.1, 0.15) is 143 Å². The van der Waals surface area contributed by atoms with Crippen LogP contribution in [0.3, 0.4) is 0 Å². The highest BCUT2D eigenvalue weighted by Gasteiger charge is 2.34. The van der Waals surface area contributed by atoms with Crippen LogP contribution in [0.25, 0.3) is 22.2 Å². The van der Waals surface area contributed by atoms with Gasteiger partial charge in [0.15, 0.2) is 11.5 Å². The number of rotatable bonds is 12. The van der Waals surface area contributed by atoms with E-state index in [1.165, 1.54) is 18.2 Å². The van der Waals surface area contributed by atoms with E-state index in [0.717, 1.165) is 25.7 Å². The molecule has 0 saturated carbocycles. The molecule has 0 N–H and O–H groups in total. The Morgan fingerprint density at radius 1 is 0.567 bits per heavy atom. The summed E-state index contributed by atoms with van der Waals surface area (Å²) in [5.41, 5.74) is -5.01. The predicted octanol–water partition coefficient (Wildman–Crippen LogP) is 10.6. The molecule has 12 heteroatoms. The summed E-state index contributed by atoms with van der Waals surface area (Å²) in [4.78, 5) is 82.6. The largest absolute Gasteiger partial charge is 0.426 e.